The lowest BCUT2D eigenvalue weighted by Crippen LogP contribution is -2.25. The number of ketones is 2. The molecule has 1 aliphatic carbocycles. The molecule has 4 nitrogen and oxygen atoms in total. The van der Waals surface area contributed by atoms with Crippen LogP contribution in [0.25, 0.3) is 0 Å². The first-order valence-electron chi connectivity index (χ1n) is 7.19. The maximum absolute atomic E-state index is 12.6. The molecule has 1 N–H and O–H groups in total. The van der Waals surface area contributed by atoms with Crippen LogP contribution in [0.2, 0.25) is 0 Å². The number of carbonyl (C=O) groups excluding carboxylic acids is 2. The third kappa shape index (κ3) is 2.66. The summed E-state index contributed by atoms with van der Waals surface area (Å²) >= 11 is 6.14. The SMILES string of the molecule is Cc1ccc2c(n1)C(=O)C(Cl)=C(Nc1ccc(C)c(C)c1)C2=O. The second-order valence-electron chi connectivity index (χ2n) is 5.62. The Balaban J connectivity index is 2.04. The van der Waals surface area contributed by atoms with Gasteiger partial charge in [-0.15, -0.1) is 0 Å². The van der Waals surface area contributed by atoms with E-state index in [1.807, 2.05) is 32.0 Å². The van der Waals surface area contributed by atoms with E-state index >= 15 is 0 Å². The number of Topliss-reactive ketones (excluding diaryl/α,β-unsaturated/α-hetero) is 2. The van der Waals surface area contributed by atoms with Crippen molar-refractivity contribution in [1.82, 2.24) is 4.98 Å². The molecule has 0 atom stereocenters. The molecular weight excluding hydrogens is 312 g/mol. The molecule has 3 rings (SSSR count). The van der Waals surface area contributed by atoms with E-state index in [4.69, 9.17) is 11.6 Å². The maximum Gasteiger partial charge on any atom is 0.225 e. The lowest BCUT2D eigenvalue weighted by Gasteiger charge is -2.19. The number of pyridine rings is 1. The molecule has 0 radical (unpaired) electrons. The van der Waals surface area contributed by atoms with E-state index in [1.165, 1.54) is 0 Å². The summed E-state index contributed by atoms with van der Waals surface area (Å²) in [6, 6.07) is 9.02. The van der Waals surface area contributed by atoms with Crippen LogP contribution in [0.5, 0.6) is 0 Å². The summed E-state index contributed by atoms with van der Waals surface area (Å²) in [5, 5.41) is 2.86. The number of nitrogens with zero attached hydrogens (tertiary/aromatic N) is 1. The topological polar surface area (TPSA) is 59.1 Å². The predicted molar refractivity (Wildman–Crippen MR) is 90.1 cm³/mol. The van der Waals surface area contributed by atoms with Gasteiger partial charge in [0.2, 0.25) is 11.6 Å². The number of fused-ring (bicyclic) bond motifs is 1. The van der Waals surface area contributed by atoms with Crippen molar-refractivity contribution in [2.45, 2.75) is 20.8 Å². The van der Waals surface area contributed by atoms with Crippen LogP contribution in [-0.2, 0) is 0 Å². The third-order valence-corrected chi connectivity index (χ3v) is 4.28. The highest BCUT2D eigenvalue weighted by atomic mass is 35.5. The van der Waals surface area contributed by atoms with Gasteiger partial charge in [0.05, 0.1) is 5.56 Å². The number of aryl methyl sites for hydroxylation is 3. The number of aromatic nitrogens is 1. The fourth-order valence-corrected chi connectivity index (χ4v) is 2.66. The van der Waals surface area contributed by atoms with E-state index < -0.39 is 5.78 Å². The molecule has 0 fully saturated rings. The first-order valence-corrected chi connectivity index (χ1v) is 7.57. The van der Waals surface area contributed by atoms with E-state index in [0.29, 0.717) is 11.4 Å². The zero-order valence-electron chi connectivity index (χ0n) is 13.0. The standard InChI is InChI=1S/C18H15ClN2O2/c1-9-4-6-12(8-10(9)2)21-16-14(19)18(23)15-13(17(16)22)7-5-11(3)20-15/h4-8,21H,1-3H3. The highest BCUT2D eigenvalue weighted by molar-refractivity contribution is 6.50. The number of carbonyl (C=O) groups is 2. The van der Waals surface area contributed by atoms with Crippen LogP contribution in [0, 0.1) is 20.8 Å². The van der Waals surface area contributed by atoms with Crippen molar-refractivity contribution >= 4 is 28.9 Å². The number of nitrogens with one attached hydrogen (secondary N) is 1. The normalized spacial score (nSPS) is 14.1. The fourth-order valence-electron chi connectivity index (χ4n) is 2.44. The van der Waals surface area contributed by atoms with E-state index in [9.17, 15) is 9.59 Å². The lowest BCUT2D eigenvalue weighted by atomic mass is 9.96. The fraction of sp³-hybridized carbons (Fsp3) is 0.167. The summed E-state index contributed by atoms with van der Waals surface area (Å²) in [5.74, 6) is -0.758. The molecule has 1 aromatic carbocycles. The van der Waals surface area contributed by atoms with Gasteiger partial charge in [-0.2, -0.15) is 0 Å². The van der Waals surface area contributed by atoms with Gasteiger partial charge in [-0.05, 0) is 56.2 Å². The number of rotatable bonds is 2. The molecule has 0 saturated heterocycles. The van der Waals surface area contributed by atoms with Gasteiger partial charge in [0.15, 0.2) is 0 Å². The van der Waals surface area contributed by atoms with Crippen LogP contribution in [-0.4, -0.2) is 16.6 Å². The van der Waals surface area contributed by atoms with Crippen LogP contribution in [0.4, 0.5) is 5.69 Å². The number of hydrogen-bond donors (Lipinski definition) is 1. The minimum Gasteiger partial charge on any atom is -0.351 e. The van der Waals surface area contributed by atoms with Crippen LogP contribution in [0.1, 0.15) is 37.7 Å². The van der Waals surface area contributed by atoms with Gasteiger partial charge in [0.25, 0.3) is 0 Å². The number of benzene rings is 1. The number of allylic oxidation sites excluding steroid dienone is 2. The first-order chi connectivity index (χ1) is 10.9. The summed E-state index contributed by atoms with van der Waals surface area (Å²) < 4.78 is 0. The van der Waals surface area contributed by atoms with Crippen molar-refractivity contribution in [3.8, 4) is 0 Å². The zero-order valence-corrected chi connectivity index (χ0v) is 13.8. The lowest BCUT2D eigenvalue weighted by molar-refractivity contribution is 0.0978. The quantitative estimate of drug-likeness (QED) is 0.907. The van der Waals surface area contributed by atoms with Crippen molar-refractivity contribution in [2.75, 3.05) is 5.32 Å². The Morgan fingerprint density at radius 2 is 1.70 bits per heavy atom. The minimum absolute atomic E-state index is 0.0954. The molecular formula is C18H15ClN2O2. The van der Waals surface area contributed by atoms with Gasteiger partial charge < -0.3 is 5.32 Å². The van der Waals surface area contributed by atoms with Gasteiger partial charge >= 0.3 is 0 Å². The molecule has 1 aliphatic rings. The molecule has 2 aromatic rings. The van der Waals surface area contributed by atoms with Gasteiger partial charge in [-0.3, -0.25) is 9.59 Å². The molecule has 0 unspecified atom stereocenters. The van der Waals surface area contributed by atoms with Crippen molar-refractivity contribution in [3.05, 3.63) is 69.1 Å². The molecule has 116 valence electrons. The molecule has 5 heteroatoms. The Kier molecular flexibility index (Phi) is 3.78. The van der Waals surface area contributed by atoms with E-state index in [1.54, 1.807) is 19.1 Å². The summed E-state index contributed by atoms with van der Waals surface area (Å²) in [6.45, 7) is 5.75. The van der Waals surface area contributed by atoms with Crippen molar-refractivity contribution < 1.29 is 9.59 Å². The molecule has 0 bridgehead atoms. The van der Waals surface area contributed by atoms with Gasteiger partial charge in [0.1, 0.15) is 16.4 Å². The molecule has 23 heavy (non-hydrogen) atoms. The van der Waals surface area contributed by atoms with Crippen molar-refractivity contribution in [1.29, 1.82) is 0 Å². The molecule has 0 spiro atoms. The Hall–Kier alpha value is -2.46. The highest BCUT2D eigenvalue weighted by Crippen LogP contribution is 2.29. The zero-order chi connectivity index (χ0) is 16.7. The van der Waals surface area contributed by atoms with Crippen LogP contribution in [0.15, 0.2) is 41.1 Å². The molecule has 0 saturated carbocycles. The van der Waals surface area contributed by atoms with Crippen molar-refractivity contribution in [3.63, 3.8) is 0 Å². The van der Waals surface area contributed by atoms with E-state index in [2.05, 4.69) is 10.3 Å². The van der Waals surface area contributed by atoms with Crippen LogP contribution >= 0.6 is 11.6 Å². The average molecular weight is 327 g/mol. The monoisotopic (exact) mass is 326 g/mol. The summed E-state index contributed by atoms with van der Waals surface area (Å²) in [4.78, 5) is 29.2. The van der Waals surface area contributed by atoms with Crippen LogP contribution < -0.4 is 5.32 Å². The Labute approximate surface area is 139 Å². The second-order valence-corrected chi connectivity index (χ2v) is 6.00. The molecule has 1 heterocycles. The smallest absolute Gasteiger partial charge is 0.225 e. The Morgan fingerprint density at radius 1 is 0.957 bits per heavy atom. The first kappa shape index (κ1) is 15.4. The largest absolute Gasteiger partial charge is 0.351 e. The summed E-state index contributed by atoms with van der Waals surface area (Å²) in [6.07, 6.45) is 0. The number of anilines is 1. The molecule has 1 aromatic heterocycles. The third-order valence-electron chi connectivity index (χ3n) is 3.92. The summed E-state index contributed by atoms with van der Waals surface area (Å²) in [7, 11) is 0. The number of halogens is 1. The van der Waals surface area contributed by atoms with Gasteiger partial charge in [0, 0.05) is 11.4 Å². The highest BCUT2D eigenvalue weighted by Gasteiger charge is 2.32. The summed E-state index contributed by atoms with van der Waals surface area (Å²) in [5.41, 5.74) is 4.09. The van der Waals surface area contributed by atoms with Gasteiger partial charge in [-0.1, -0.05) is 17.7 Å². The number of hydrogen-bond acceptors (Lipinski definition) is 4. The minimum atomic E-state index is -0.434. The average Bonchev–Trinajstić information content (AvgIpc) is 2.52. The van der Waals surface area contributed by atoms with Crippen molar-refractivity contribution in [2.24, 2.45) is 0 Å². The predicted octanol–water partition coefficient (Wildman–Crippen LogP) is 3.95. The maximum atomic E-state index is 12.6. The Morgan fingerprint density at radius 3 is 2.39 bits per heavy atom. The molecule has 0 aliphatic heterocycles. The van der Waals surface area contributed by atoms with Gasteiger partial charge in [-0.25, -0.2) is 4.98 Å². The second kappa shape index (κ2) is 5.63. The Bertz CT molecular complexity index is 885. The van der Waals surface area contributed by atoms with Crippen LogP contribution in [0.3, 0.4) is 0 Å². The molecule has 0 amide bonds. The van der Waals surface area contributed by atoms with E-state index in [0.717, 1.165) is 11.1 Å². The van der Waals surface area contributed by atoms with E-state index in [-0.39, 0.29) is 27.8 Å².